The van der Waals surface area contributed by atoms with Gasteiger partial charge in [0.05, 0.1) is 12.8 Å². The molecule has 5 heteroatoms. The molecule has 0 aliphatic carbocycles. The molecule has 0 spiro atoms. The number of hydrogen-bond donors (Lipinski definition) is 1. The summed E-state index contributed by atoms with van der Waals surface area (Å²) in [4.78, 5) is 3.99. The Morgan fingerprint density at radius 2 is 2.36 bits per heavy atom. The summed E-state index contributed by atoms with van der Waals surface area (Å²) in [6.07, 6.45) is 2.85. The van der Waals surface area contributed by atoms with E-state index in [2.05, 4.69) is 10.1 Å². The minimum absolute atomic E-state index is 0.469. The van der Waals surface area contributed by atoms with Gasteiger partial charge in [-0.15, -0.1) is 0 Å². The molecular formula is C9H12N2O3. The molecule has 1 aromatic rings. The van der Waals surface area contributed by atoms with Gasteiger partial charge in [0.25, 0.3) is 0 Å². The van der Waals surface area contributed by atoms with Crippen molar-refractivity contribution in [2.24, 2.45) is 5.16 Å². The van der Waals surface area contributed by atoms with Gasteiger partial charge in [-0.3, -0.25) is 0 Å². The first-order valence-corrected chi connectivity index (χ1v) is 4.12. The molecule has 0 unspecified atom stereocenters. The largest absolute Gasteiger partial charge is 0.475 e. The summed E-state index contributed by atoms with van der Waals surface area (Å²) >= 11 is 0. The van der Waals surface area contributed by atoms with E-state index in [1.54, 1.807) is 25.4 Å². The average Bonchev–Trinajstić information content (AvgIpc) is 2.21. The lowest BCUT2D eigenvalue weighted by Crippen LogP contribution is -2.05. The predicted octanol–water partition coefficient (Wildman–Crippen LogP) is 0.915. The fourth-order valence-corrected chi connectivity index (χ4v) is 0.850. The Morgan fingerprint density at radius 3 is 2.93 bits per heavy atom. The average molecular weight is 196 g/mol. The summed E-state index contributed by atoms with van der Waals surface area (Å²) in [6, 6.07) is 3.45. The topological polar surface area (TPSA) is 63.9 Å². The second-order valence-electron chi connectivity index (χ2n) is 2.52. The molecule has 1 aromatic heterocycles. The number of hydrogen-bond acceptors (Lipinski definition) is 5. The van der Waals surface area contributed by atoms with Crippen LogP contribution in [0.4, 0.5) is 0 Å². The zero-order valence-electron chi connectivity index (χ0n) is 7.88. The fraction of sp³-hybridized carbons (Fsp3) is 0.333. The van der Waals surface area contributed by atoms with E-state index in [1.165, 1.54) is 6.21 Å². The van der Waals surface area contributed by atoms with Crippen molar-refractivity contribution < 1.29 is 14.7 Å². The van der Waals surface area contributed by atoms with E-state index in [0.717, 1.165) is 0 Å². The van der Waals surface area contributed by atoms with E-state index < -0.39 is 0 Å². The summed E-state index contributed by atoms with van der Waals surface area (Å²) < 4.78 is 10.1. The first kappa shape index (κ1) is 10.5. The predicted molar refractivity (Wildman–Crippen MR) is 51.0 cm³/mol. The zero-order valence-corrected chi connectivity index (χ0v) is 7.88. The van der Waals surface area contributed by atoms with Gasteiger partial charge in [0, 0.05) is 24.9 Å². The molecule has 0 fully saturated rings. The van der Waals surface area contributed by atoms with Crippen molar-refractivity contribution in [2.45, 2.75) is 0 Å². The quantitative estimate of drug-likeness (QED) is 0.329. The summed E-state index contributed by atoms with van der Waals surface area (Å²) in [5, 5.41) is 11.1. The molecule has 0 radical (unpaired) electrons. The van der Waals surface area contributed by atoms with E-state index in [4.69, 9.17) is 14.7 Å². The van der Waals surface area contributed by atoms with Crippen molar-refractivity contribution in [3.05, 3.63) is 23.9 Å². The summed E-state index contributed by atoms with van der Waals surface area (Å²) in [5.41, 5.74) is 0.714. The number of aromatic nitrogens is 1. The van der Waals surface area contributed by atoms with Gasteiger partial charge in [-0.25, -0.2) is 4.98 Å². The minimum atomic E-state index is 0.469. The normalized spacial score (nSPS) is 10.6. The third kappa shape index (κ3) is 3.40. The fourth-order valence-electron chi connectivity index (χ4n) is 0.850. The van der Waals surface area contributed by atoms with Crippen LogP contribution in [-0.2, 0) is 4.74 Å². The van der Waals surface area contributed by atoms with Crippen molar-refractivity contribution in [2.75, 3.05) is 20.3 Å². The van der Waals surface area contributed by atoms with E-state index in [0.29, 0.717) is 24.7 Å². The monoisotopic (exact) mass is 196 g/mol. The van der Waals surface area contributed by atoms with Gasteiger partial charge >= 0.3 is 0 Å². The van der Waals surface area contributed by atoms with Crippen LogP contribution in [-0.4, -0.2) is 36.7 Å². The van der Waals surface area contributed by atoms with Crippen LogP contribution < -0.4 is 4.74 Å². The molecular weight excluding hydrogens is 184 g/mol. The maximum absolute atomic E-state index is 8.26. The second kappa shape index (κ2) is 5.93. The maximum Gasteiger partial charge on any atom is 0.213 e. The van der Waals surface area contributed by atoms with Crippen LogP contribution >= 0.6 is 0 Å². The van der Waals surface area contributed by atoms with Crippen LogP contribution in [0.2, 0.25) is 0 Å². The number of nitrogens with zero attached hydrogens (tertiary/aromatic N) is 2. The van der Waals surface area contributed by atoms with Crippen molar-refractivity contribution in [3.63, 3.8) is 0 Å². The highest BCUT2D eigenvalue weighted by atomic mass is 16.5. The van der Waals surface area contributed by atoms with Crippen molar-refractivity contribution in [1.29, 1.82) is 0 Å². The molecule has 0 bridgehead atoms. The third-order valence-electron chi connectivity index (χ3n) is 1.50. The first-order chi connectivity index (χ1) is 6.86. The lowest BCUT2D eigenvalue weighted by molar-refractivity contribution is 0.144. The molecule has 0 atom stereocenters. The molecule has 1 heterocycles. The standard InChI is InChI=1S/C9H12N2O3/c1-13-4-5-14-9-3-2-8(6-10-9)7-11-12/h2-3,6-7,12H,4-5H2,1H3. The lowest BCUT2D eigenvalue weighted by atomic mass is 10.3. The van der Waals surface area contributed by atoms with E-state index in [1.807, 2.05) is 0 Å². The van der Waals surface area contributed by atoms with Crippen LogP contribution in [0, 0.1) is 0 Å². The number of oxime groups is 1. The summed E-state index contributed by atoms with van der Waals surface area (Å²) in [6.45, 7) is 0.998. The van der Waals surface area contributed by atoms with E-state index in [-0.39, 0.29) is 0 Å². The molecule has 0 saturated heterocycles. The maximum atomic E-state index is 8.26. The second-order valence-corrected chi connectivity index (χ2v) is 2.52. The number of methoxy groups -OCH3 is 1. The first-order valence-electron chi connectivity index (χ1n) is 4.12. The molecule has 0 aliphatic heterocycles. The number of rotatable bonds is 5. The van der Waals surface area contributed by atoms with Crippen molar-refractivity contribution >= 4 is 6.21 Å². The summed E-state index contributed by atoms with van der Waals surface area (Å²) in [5.74, 6) is 0.525. The van der Waals surface area contributed by atoms with Crippen LogP contribution in [0.3, 0.4) is 0 Å². The zero-order chi connectivity index (χ0) is 10.2. The van der Waals surface area contributed by atoms with Gasteiger partial charge in [0.2, 0.25) is 5.88 Å². The van der Waals surface area contributed by atoms with Gasteiger partial charge < -0.3 is 14.7 Å². The summed E-state index contributed by atoms with van der Waals surface area (Å²) in [7, 11) is 1.61. The molecule has 0 saturated carbocycles. The van der Waals surface area contributed by atoms with Crippen LogP contribution in [0.15, 0.2) is 23.5 Å². The third-order valence-corrected chi connectivity index (χ3v) is 1.50. The Labute approximate surface area is 82.0 Å². The highest BCUT2D eigenvalue weighted by Gasteiger charge is 1.94. The van der Waals surface area contributed by atoms with Gasteiger partial charge in [-0.1, -0.05) is 5.16 Å². The lowest BCUT2D eigenvalue weighted by Gasteiger charge is -2.03. The van der Waals surface area contributed by atoms with E-state index >= 15 is 0 Å². The molecule has 14 heavy (non-hydrogen) atoms. The Morgan fingerprint density at radius 1 is 1.50 bits per heavy atom. The molecule has 0 amide bonds. The van der Waals surface area contributed by atoms with Gasteiger partial charge in [0.15, 0.2) is 0 Å². The Hall–Kier alpha value is -1.62. The molecule has 0 aliphatic rings. The Kier molecular flexibility index (Phi) is 4.43. The van der Waals surface area contributed by atoms with Gasteiger partial charge in [-0.2, -0.15) is 0 Å². The number of ether oxygens (including phenoxy) is 2. The highest BCUT2D eigenvalue weighted by Crippen LogP contribution is 2.05. The van der Waals surface area contributed by atoms with Crippen LogP contribution in [0.1, 0.15) is 5.56 Å². The molecule has 1 N–H and O–H groups in total. The Bertz CT molecular complexity index is 285. The van der Waals surface area contributed by atoms with Gasteiger partial charge in [0.1, 0.15) is 6.61 Å². The van der Waals surface area contributed by atoms with Crippen molar-refractivity contribution in [1.82, 2.24) is 4.98 Å². The minimum Gasteiger partial charge on any atom is -0.475 e. The van der Waals surface area contributed by atoms with Crippen LogP contribution in [0.5, 0.6) is 5.88 Å². The van der Waals surface area contributed by atoms with Crippen molar-refractivity contribution in [3.8, 4) is 5.88 Å². The molecule has 0 aromatic carbocycles. The molecule has 76 valence electrons. The smallest absolute Gasteiger partial charge is 0.213 e. The Balaban J connectivity index is 2.46. The van der Waals surface area contributed by atoms with Gasteiger partial charge in [-0.05, 0) is 6.07 Å². The number of pyridine rings is 1. The molecule has 1 rings (SSSR count). The molecule has 5 nitrogen and oxygen atoms in total. The van der Waals surface area contributed by atoms with E-state index in [9.17, 15) is 0 Å². The highest BCUT2D eigenvalue weighted by molar-refractivity contribution is 5.78. The SMILES string of the molecule is COCCOc1ccc(C=NO)cn1. The van der Waals surface area contributed by atoms with Crippen LogP contribution in [0.25, 0.3) is 0 Å².